The molecule has 2 aromatic rings. The summed E-state index contributed by atoms with van der Waals surface area (Å²) in [5.41, 5.74) is 0.161. The predicted octanol–water partition coefficient (Wildman–Crippen LogP) is 2.47. The van der Waals surface area contributed by atoms with Crippen molar-refractivity contribution in [2.45, 2.75) is 0 Å². The molecule has 0 aliphatic rings. The number of halogens is 2. The Hall–Kier alpha value is -2.28. The topological polar surface area (TPSA) is 53.1 Å². The Morgan fingerprint density at radius 2 is 1.86 bits per heavy atom. The predicted molar refractivity (Wildman–Crippen MR) is 78.7 cm³/mol. The van der Waals surface area contributed by atoms with E-state index in [1.807, 2.05) is 19.0 Å². The molecule has 0 aliphatic carbocycles. The van der Waals surface area contributed by atoms with E-state index >= 15 is 0 Å². The molecule has 21 heavy (non-hydrogen) atoms. The molecule has 0 atom stereocenters. The summed E-state index contributed by atoms with van der Waals surface area (Å²) in [5.74, 6) is -0.220. The lowest BCUT2D eigenvalue weighted by Gasteiger charge is -2.12. The van der Waals surface area contributed by atoms with E-state index in [1.165, 1.54) is 18.5 Å². The van der Waals surface area contributed by atoms with Crippen molar-refractivity contribution in [2.75, 3.05) is 37.8 Å². The molecule has 0 amide bonds. The van der Waals surface area contributed by atoms with Gasteiger partial charge >= 0.3 is 0 Å². The minimum atomic E-state index is -0.671. The van der Waals surface area contributed by atoms with E-state index in [2.05, 4.69) is 20.6 Å². The highest BCUT2D eigenvalue weighted by Crippen LogP contribution is 2.20. The summed E-state index contributed by atoms with van der Waals surface area (Å²) >= 11 is 0. The molecule has 0 fully saturated rings. The van der Waals surface area contributed by atoms with Gasteiger partial charge in [0.05, 0.1) is 5.69 Å². The van der Waals surface area contributed by atoms with Crippen LogP contribution in [0.4, 0.5) is 26.1 Å². The molecule has 1 aromatic carbocycles. The van der Waals surface area contributed by atoms with Crippen molar-refractivity contribution >= 4 is 17.3 Å². The van der Waals surface area contributed by atoms with Gasteiger partial charge in [0.2, 0.25) is 0 Å². The fourth-order valence-electron chi connectivity index (χ4n) is 1.66. The van der Waals surface area contributed by atoms with Gasteiger partial charge in [0, 0.05) is 25.2 Å². The second-order valence-corrected chi connectivity index (χ2v) is 4.77. The van der Waals surface area contributed by atoms with Crippen molar-refractivity contribution in [3.63, 3.8) is 0 Å². The molecule has 0 bridgehead atoms. The first kappa shape index (κ1) is 15.1. The van der Waals surface area contributed by atoms with Gasteiger partial charge in [-0.1, -0.05) is 0 Å². The minimum absolute atomic E-state index is 0.161. The summed E-state index contributed by atoms with van der Waals surface area (Å²) in [6.45, 7) is 1.59. The van der Waals surface area contributed by atoms with Crippen LogP contribution in [0.1, 0.15) is 0 Å². The first-order chi connectivity index (χ1) is 10.0. The van der Waals surface area contributed by atoms with Crippen molar-refractivity contribution in [3.8, 4) is 0 Å². The molecule has 0 saturated carbocycles. The lowest BCUT2D eigenvalue weighted by Crippen LogP contribution is -2.21. The quantitative estimate of drug-likeness (QED) is 0.857. The standard InChI is InChI=1S/C14H17F2N5/c1-21(2)6-5-17-13-8-14(19-9-18-13)20-12-4-3-10(15)7-11(12)16/h3-4,7-9H,5-6H2,1-2H3,(H2,17,18,19,20). The van der Waals surface area contributed by atoms with E-state index in [0.717, 1.165) is 19.2 Å². The number of nitrogens with one attached hydrogen (secondary N) is 2. The molecule has 7 heteroatoms. The average molecular weight is 293 g/mol. The Labute approximate surface area is 122 Å². The highest BCUT2D eigenvalue weighted by molar-refractivity contribution is 5.59. The third kappa shape index (κ3) is 4.64. The highest BCUT2D eigenvalue weighted by Gasteiger charge is 2.05. The van der Waals surface area contributed by atoms with Gasteiger partial charge in [-0.3, -0.25) is 0 Å². The molecule has 2 rings (SSSR count). The van der Waals surface area contributed by atoms with Crippen LogP contribution in [0.5, 0.6) is 0 Å². The van der Waals surface area contributed by atoms with Gasteiger partial charge in [-0.25, -0.2) is 18.7 Å². The summed E-state index contributed by atoms with van der Waals surface area (Å²) in [7, 11) is 3.96. The first-order valence-corrected chi connectivity index (χ1v) is 6.47. The van der Waals surface area contributed by atoms with Gasteiger partial charge in [0.1, 0.15) is 29.6 Å². The van der Waals surface area contributed by atoms with Gasteiger partial charge in [-0.05, 0) is 26.2 Å². The van der Waals surface area contributed by atoms with Crippen molar-refractivity contribution in [2.24, 2.45) is 0 Å². The van der Waals surface area contributed by atoms with E-state index in [-0.39, 0.29) is 5.69 Å². The Morgan fingerprint density at radius 3 is 2.57 bits per heavy atom. The molecule has 0 saturated heterocycles. The number of hydrogen-bond acceptors (Lipinski definition) is 5. The zero-order chi connectivity index (χ0) is 15.2. The number of rotatable bonds is 6. The number of likely N-dealkylation sites (N-methyl/N-ethyl adjacent to an activating group) is 1. The number of aromatic nitrogens is 2. The third-order valence-electron chi connectivity index (χ3n) is 2.73. The second kappa shape index (κ2) is 6.94. The number of nitrogens with zero attached hydrogens (tertiary/aromatic N) is 3. The van der Waals surface area contributed by atoms with Crippen molar-refractivity contribution in [1.82, 2.24) is 14.9 Å². The van der Waals surface area contributed by atoms with Crippen LogP contribution in [0.3, 0.4) is 0 Å². The van der Waals surface area contributed by atoms with Crippen LogP contribution in [0.2, 0.25) is 0 Å². The second-order valence-electron chi connectivity index (χ2n) is 4.77. The van der Waals surface area contributed by atoms with Crippen LogP contribution < -0.4 is 10.6 Å². The van der Waals surface area contributed by atoms with E-state index in [9.17, 15) is 8.78 Å². The molecular formula is C14H17F2N5. The molecular weight excluding hydrogens is 276 g/mol. The van der Waals surface area contributed by atoms with Gasteiger partial charge in [-0.2, -0.15) is 0 Å². The Kier molecular flexibility index (Phi) is 4.99. The van der Waals surface area contributed by atoms with E-state index in [4.69, 9.17) is 0 Å². The van der Waals surface area contributed by atoms with E-state index in [0.29, 0.717) is 11.6 Å². The summed E-state index contributed by atoms with van der Waals surface area (Å²) in [5, 5.41) is 5.94. The SMILES string of the molecule is CN(C)CCNc1cc(Nc2ccc(F)cc2F)ncn1. The monoisotopic (exact) mass is 293 g/mol. The molecule has 112 valence electrons. The van der Waals surface area contributed by atoms with Crippen LogP contribution in [0.25, 0.3) is 0 Å². The van der Waals surface area contributed by atoms with Crippen LogP contribution >= 0.6 is 0 Å². The largest absolute Gasteiger partial charge is 0.369 e. The summed E-state index contributed by atoms with van der Waals surface area (Å²) < 4.78 is 26.4. The van der Waals surface area contributed by atoms with Crippen LogP contribution in [-0.4, -0.2) is 42.1 Å². The fourth-order valence-corrected chi connectivity index (χ4v) is 1.66. The summed E-state index contributed by atoms with van der Waals surface area (Å²) in [4.78, 5) is 10.1. The van der Waals surface area contributed by atoms with Gasteiger partial charge in [0.25, 0.3) is 0 Å². The summed E-state index contributed by atoms with van der Waals surface area (Å²) in [6.07, 6.45) is 1.38. The van der Waals surface area contributed by atoms with Crippen molar-refractivity contribution in [3.05, 3.63) is 42.2 Å². The van der Waals surface area contributed by atoms with Gasteiger partial charge in [0.15, 0.2) is 0 Å². The highest BCUT2D eigenvalue weighted by atomic mass is 19.1. The number of anilines is 3. The Bertz CT molecular complexity index is 604. The van der Waals surface area contributed by atoms with Crippen LogP contribution in [0.15, 0.2) is 30.6 Å². The van der Waals surface area contributed by atoms with Crippen molar-refractivity contribution < 1.29 is 8.78 Å². The maximum Gasteiger partial charge on any atom is 0.149 e. The normalized spacial score (nSPS) is 10.7. The molecule has 2 N–H and O–H groups in total. The average Bonchev–Trinajstić information content (AvgIpc) is 2.42. The summed E-state index contributed by atoms with van der Waals surface area (Å²) in [6, 6.07) is 4.99. The lowest BCUT2D eigenvalue weighted by molar-refractivity contribution is 0.425. The molecule has 0 unspecified atom stereocenters. The molecule has 5 nitrogen and oxygen atoms in total. The van der Waals surface area contributed by atoms with Gasteiger partial charge in [-0.15, -0.1) is 0 Å². The molecule has 0 aliphatic heterocycles. The maximum atomic E-state index is 13.6. The lowest BCUT2D eigenvalue weighted by atomic mass is 10.3. The zero-order valence-corrected chi connectivity index (χ0v) is 11.9. The van der Waals surface area contributed by atoms with Gasteiger partial charge < -0.3 is 15.5 Å². The molecule has 1 aromatic heterocycles. The first-order valence-electron chi connectivity index (χ1n) is 6.47. The Balaban J connectivity index is 2.03. The molecule has 0 spiro atoms. The third-order valence-corrected chi connectivity index (χ3v) is 2.73. The number of benzene rings is 1. The number of hydrogen-bond donors (Lipinski definition) is 2. The maximum absolute atomic E-state index is 13.6. The fraction of sp³-hybridized carbons (Fsp3) is 0.286. The van der Waals surface area contributed by atoms with Crippen LogP contribution in [0, 0.1) is 11.6 Å². The van der Waals surface area contributed by atoms with E-state index < -0.39 is 11.6 Å². The van der Waals surface area contributed by atoms with E-state index in [1.54, 1.807) is 6.07 Å². The molecule has 1 heterocycles. The Morgan fingerprint density at radius 1 is 1.10 bits per heavy atom. The minimum Gasteiger partial charge on any atom is -0.369 e. The van der Waals surface area contributed by atoms with Crippen molar-refractivity contribution in [1.29, 1.82) is 0 Å². The zero-order valence-electron chi connectivity index (χ0n) is 11.9. The molecule has 0 radical (unpaired) electrons. The smallest absolute Gasteiger partial charge is 0.149 e. The van der Waals surface area contributed by atoms with Crippen LogP contribution in [-0.2, 0) is 0 Å².